The van der Waals surface area contributed by atoms with Crippen molar-refractivity contribution in [1.82, 2.24) is 0 Å². The Kier molecular flexibility index (Phi) is 4.23. The lowest BCUT2D eigenvalue weighted by Gasteiger charge is -2.30. The van der Waals surface area contributed by atoms with Crippen LogP contribution in [0.4, 0.5) is 8.78 Å². The maximum Gasteiger partial charge on any atom is 0.136 e. The van der Waals surface area contributed by atoms with E-state index in [0.717, 1.165) is 31.4 Å². The molecule has 2 rings (SSSR count). The molecule has 0 aromatic heterocycles. The van der Waals surface area contributed by atoms with E-state index in [9.17, 15) is 8.78 Å². The number of halogens is 2. The summed E-state index contributed by atoms with van der Waals surface area (Å²) in [5, 5.41) is 9.18. The molecule has 0 bridgehead atoms. The predicted molar refractivity (Wildman–Crippen MR) is 68.1 cm³/mol. The Morgan fingerprint density at radius 1 is 1.33 bits per heavy atom. The van der Waals surface area contributed by atoms with Crippen LogP contribution in [0.2, 0.25) is 0 Å². The van der Waals surface area contributed by atoms with Crippen LogP contribution in [0.15, 0.2) is 23.1 Å². The fourth-order valence-electron chi connectivity index (χ4n) is 2.34. The van der Waals surface area contributed by atoms with Crippen LogP contribution >= 0.6 is 11.8 Å². The fraction of sp³-hybridized carbons (Fsp3) is 0.500. The third-order valence-corrected chi connectivity index (χ3v) is 4.78. The normalized spacial score (nSPS) is 27.8. The fourth-order valence-corrected chi connectivity index (χ4v) is 3.81. The Balaban J connectivity index is 2.16. The number of benzene rings is 1. The summed E-state index contributed by atoms with van der Waals surface area (Å²) in [4.78, 5) is 0.314. The van der Waals surface area contributed by atoms with Gasteiger partial charge in [0.25, 0.3) is 0 Å². The molecule has 0 heterocycles. The quantitative estimate of drug-likeness (QED) is 0.793. The molecule has 96 valence electrons. The van der Waals surface area contributed by atoms with Gasteiger partial charge in [0.05, 0.1) is 12.0 Å². The third-order valence-electron chi connectivity index (χ3n) is 3.39. The highest BCUT2D eigenvalue weighted by Crippen LogP contribution is 2.40. The first-order valence-corrected chi connectivity index (χ1v) is 6.99. The molecule has 1 aromatic rings. The summed E-state index contributed by atoms with van der Waals surface area (Å²) in [5.74, 6) is -0.356. The Bertz CT molecular complexity index is 469. The van der Waals surface area contributed by atoms with Crippen LogP contribution in [0.25, 0.3) is 0 Å². The van der Waals surface area contributed by atoms with E-state index in [0.29, 0.717) is 10.8 Å². The highest BCUT2D eigenvalue weighted by atomic mass is 32.2. The van der Waals surface area contributed by atoms with Crippen LogP contribution in [-0.2, 0) is 0 Å². The summed E-state index contributed by atoms with van der Waals surface area (Å²) >= 11 is 1.30. The molecule has 0 radical (unpaired) electrons. The van der Waals surface area contributed by atoms with Crippen LogP contribution in [0.1, 0.15) is 26.2 Å². The Morgan fingerprint density at radius 2 is 2.11 bits per heavy atom. The lowest BCUT2D eigenvalue weighted by atomic mass is 9.83. The van der Waals surface area contributed by atoms with Crippen LogP contribution in [-0.4, -0.2) is 5.25 Å². The van der Waals surface area contributed by atoms with E-state index in [4.69, 9.17) is 5.26 Å². The van der Waals surface area contributed by atoms with Gasteiger partial charge in [-0.15, -0.1) is 11.8 Å². The summed E-state index contributed by atoms with van der Waals surface area (Å²) in [6, 6.07) is 5.77. The summed E-state index contributed by atoms with van der Waals surface area (Å²) in [6.07, 6.45) is 2.78. The first kappa shape index (κ1) is 13.4. The molecule has 3 atom stereocenters. The standard InChI is InChI=1S/C14H15F2NS/c1-9-2-3-10(8-17)13(6-9)18-14-7-11(15)4-5-12(14)16/h4-5,7,9-10,13H,2-3,6H2,1H3. The van der Waals surface area contributed by atoms with Crippen molar-refractivity contribution in [3.63, 3.8) is 0 Å². The first-order valence-electron chi connectivity index (χ1n) is 6.11. The molecule has 0 spiro atoms. The zero-order chi connectivity index (χ0) is 13.1. The number of rotatable bonds is 2. The van der Waals surface area contributed by atoms with Gasteiger partial charge in [0.2, 0.25) is 0 Å². The second-order valence-corrected chi connectivity index (χ2v) is 6.17. The molecule has 0 saturated heterocycles. The number of hydrogen-bond acceptors (Lipinski definition) is 2. The van der Waals surface area contributed by atoms with Crippen molar-refractivity contribution < 1.29 is 8.78 Å². The lowest BCUT2D eigenvalue weighted by molar-refractivity contribution is 0.345. The summed E-state index contributed by atoms with van der Waals surface area (Å²) in [7, 11) is 0. The summed E-state index contributed by atoms with van der Waals surface area (Å²) in [6.45, 7) is 2.14. The molecule has 4 heteroatoms. The van der Waals surface area contributed by atoms with E-state index in [1.54, 1.807) is 0 Å². The topological polar surface area (TPSA) is 23.8 Å². The van der Waals surface area contributed by atoms with E-state index >= 15 is 0 Å². The molecule has 1 fully saturated rings. The maximum absolute atomic E-state index is 13.6. The second kappa shape index (κ2) is 5.71. The van der Waals surface area contributed by atoms with Crippen molar-refractivity contribution in [2.75, 3.05) is 0 Å². The largest absolute Gasteiger partial charge is 0.207 e. The SMILES string of the molecule is CC1CCC(C#N)C(Sc2cc(F)ccc2F)C1. The van der Waals surface area contributed by atoms with Crippen LogP contribution in [0.5, 0.6) is 0 Å². The van der Waals surface area contributed by atoms with Crippen molar-refractivity contribution in [1.29, 1.82) is 5.26 Å². The molecule has 1 aliphatic carbocycles. The molecule has 0 amide bonds. The Labute approximate surface area is 110 Å². The molecule has 18 heavy (non-hydrogen) atoms. The average Bonchev–Trinajstić information content (AvgIpc) is 2.34. The third kappa shape index (κ3) is 3.02. The van der Waals surface area contributed by atoms with E-state index in [2.05, 4.69) is 13.0 Å². The molecule has 3 unspecified atom stereocenters. The highest BCUT2D eigenvalue weighted by molar-refractivity contribution is 8.00. The van der Waals surface area contributed by atoms with Gasteiger partial charge >= 0.3 is 0 Å². The van der Waals surface area contributed by atoms with Crippen molar-refractivity contribution in [2.45, 2.75) is 36.3 Å². The minimum atomic E-state index is -0.434. The number of nitriles is 1. The van der Waals surface area contributed by atoms with Gasteiger partial charge in [-0.3, -0.25) is 0 Å². The van der Waals surface area contributed by atoms with Gasteiger partial charge in [0, 0.05) is 10.1 Å². The monoisotopic (exact) mass is 267 g/mol. The molecule has 1 aromatic carbocycles. The Morgan fingerprint density at radius 3 is 2.83 bits per heavy atom. The molecule has 0 aliphatic heterocycles. The van der Waals surface area contributed by atoms with Gasteiger partial charge in [-0.2, -0.15) is 5.26 Å². The van der Waals surface area contributed by atoms with Crippen molar-refractivity contribution in [2.24, 2.45) is 11.8 Å². The molecule has 1 aliphatic rings. The zero-order valence-corrected chi connectivity index (χ0v) is 11.0. The van der Waals surface area contributed by atoms with E-state index < -0.39 is 11.6 Å². The average molecular weight is 267 g/mol. The van der Waals surface area contributed by atoms with Crippen LogP contribution < -0.4 is 0 Å². The minimum absolute atomic E-state index is 0.0612. The molecule has 1 saturated carbocycles. The maximum atomic E-state index is 13.6. The number of nitrogens with zero attached hydrogens (tertiary/aromatic N) is 1. The number of thioether (sulfide) groups is 1. The minimum Gasteiger partial charge on any atom is -0.207 e. The highest BCUT2D eigenvalue weighted by Gasteiger charge is 2.30. The van der Waals surface area contributed by atoms with Crippen LogP contribution in [0, 0.1) is 34.8 Å². The molecular formula is C14H15F2NS. The van der Waals surface area contributed by atoms with Gasteiger partial charge in [-0.25, -0.2) is 8.78 Å². The molecule has 0 N–H and O–H groups in total. The van der Waals surface area contributed by atoms with E-state index in [1.807, 2.05) is 0 Å². The van der Waals surface area contributed by atoms with Gasteiger partial charge in [-0.05, 0) is 43.4 Å². The Hall–Kier alpha value is -1.08. The van der Waals surface area contributed by atoms with Crippen molar-refractivity contribution in [3.8, 4) is 6.07 Å². The van der Waals surface area contributed by atoms with E-state index in [1.165, 1.54) is 17.8 Å². The lowest BCUT2D eigenvalue weighted by Crippen LogP contribution is -2.25. The van der Waals surface area contributed by atoms with Gasteiger partial charge < -0.3 is 0 Å². The predicted octanol–water partition coefficient (Wildman–Crippen LogP) is 4.39. The summed E-state index contributed by atoms with van der Waals surface area (Å²) in [5.41, 5.74) is 0. The van der Waals surface area contributed by atoms with Gasteiger partial charge in [-0.1, -0.05) is 6.92 Å². The van der Waals surface area contributed by atoms with Crippen molar-refractivity contribution >= 4 is 11.8 Å². The van der Waals surface area contributed by atoms with Gasteiger partial charge in [0.1, 0.15) is 11.6 Å². The first-order chi connectivity index (χ1) is 8.60. The summed E-state index contributed by atoms with van der Waals surface area (Å²) < 4.78 is 26.7. The zero-order valence-electron chi connectivity index (χ0n) is 10.2. The number of hydrogen-bond donors (Lipinski definition) is 0. The van der Waals surface area contributed by atoms with Crippen LogP contribution in [0.3, 0.4) is 0 Å². The van der Waals surface area contributed by atoms with E-state index in [-0.39, 0.29) is 11.2 Å². The second-order valence-electron chi connectivity index (χ2n) is 4.88. The molecular weight excluding hydrogens is 252 g/mol. The van der Waals surface area contributed by atoms with Gasteiger partial charge in [0.15, 0.2) is 0 Å². The molecule has 1 nitrogen and oxygen atoms in total. The smallest absolute Gasteiger partial charge is 0.136 e. The van der Waals surface area contributed by atoms with Crippen molar-refractivity contribution in [3.05, 3.63) is 29.8 Å².